The predicted molar refractivity (Wildman–Crippen MR) is 75.4 cm³/mol. The van der Waals surface area contributed by atoms with Crippen LogP contribution in [0, 0.1) is 5.92 Å². The fraction of sp³-hybridized carbons (Fsp3) is 0.500. The van der Waals surface area contributed by atoms with Crippen LogP contribution in [0.5, 0.6) is 5.75 Å². The van der Waals surface area contributed by atoms with E-state index in [9.17, 15) is 9.90 Å². The van der Waals surface area contributed by atoms with Gasteiger partial charge in [-0.15, -0.1) is 0 Å². The fourth-order valence-electron chi connectivity index (χ4n) is 1.36. The van der Waals surface area contributed by atoms with E-state index in [1.54, 1.807) is 12.1 Å². The van der Waals surface area contributed by atoms with E-state index in [4.69, 9.17) is 16.3 Å². The van der Waals surface area contributed by atoms with Gasteiger partial charge in [-0.3, -0.25) is 4.79 Å². The smallest absolute Gasteiger partial charge is 0.223 e. The number of hydrogen-bond acceptors (Lipinski definition) is 3. The Morgan fingerprint density at radius 2 is 2.11 bits per heavy atom. The molecule has 1 unspecified atom stereocenters. The number of benzene rings is 1. The lowest BCUT2D eigenvalue weighted by Crippen LogP contribution is -2.35. The second-order valence-electron chi connectivity index (χ2n) is 4.64. The van der Waals surface area contributed by atoms with Crippen molar-refractivity contribution in [3.63, 3.8) is 0 Å². The van der Waals surface area contributed by atoms with Gasteiger partial charge in [0.15, 0.2) is 0 Å². The normalized spacial score (nSPS) is 12.3. The van der Waals surface area contributed by atoms with Crippen LogP contribution in [0.25, 0.3) is 0 Å². The molecule has 4 nitrogen and oxygen atoms in total. The zero-order valence-corrected chi connectivity index (χ0v) is 12.0. The summed E-state index contributed by atoms with van der Waals surface area (Å²) in [4.78, 5) is 11.5. The molecule has 0 aliphatic carbocycles. The van der Waals surface area contributed by atoms with Crippen LogP contribution in [0.3, 0.4) is 0 Å². The van der Waals surface area contributed by atoms with E-state index in [0.29, 0.717) is 10.8 Å². The molecule has 1 rings (SSSR count). The van der Waals surface area contributed by atoms with E-state index in [1.807, 2.05) is 26.0 Å². The minimum atomic E-state index is -0.520. The van der Waals surface area contributed by atoms with E-state index in [1.165, 1.54) is 0 Å². The molecular weight excluding hydrogens is 266 g/mol. The van der Waals surface area contributed by atoms with Gasteiger partial charge >= 0.3 is 0 Å². The van der Waals surface area contributed by atoms with Crippen LogP contribution in [-0.4, -0.2) is 30.3 Å². The Morgan fingerprint density at radius 1 is 1.42 bits per heavy atom. The largest absolute Gasteiger partial charge is 0.491 e. The van der Waals surface area contributed by atoms with Crippen molar-refractivity contribution in [1.29, 1.82) is 0 Å². The van der Waals surface area contributed by atoms with Gasteiger partial charge in [-0.1, -0.05) is 37.6 Å². The van der Waals surface area contributed by atoms with E-state index < -0.39 is 6.10 Å². The Morgan fingerprint density at radius 3 is 2.74 bits per heavy atom. The number of rotatable bonds is 7. The summed E-state index contributed by atoms with van der Waals surface area (Å²) in [6, 6.07) is 7.12. The van der Waals surface area contributed by atoms with Gasteiger partial charge in [-0.05, 0) is 18.1 Å². The molecule has 19 heavy (non-hydrogen) atoms. The summed E-state index contributed by atoms with van der Waals surface area (Å²) in [5, 5.41) is 12.7. The summed E-state index contributed by atoms with van der Waals surface area (Å²) >= 11 is 5.92. The maximum absolute atomic E-state index is 11.5. The molecule has 0 aromatic heterocycles. The molecule has 5 heteroatoms. The van der Waals surface area contributed by atoms with Crippen molar-refractivity contribution in [2.75, 3.05) is 13.2 Å². The second-order valence-corrected chi connectivity index (χ2v) is 5.05. The average Bonchev–Trinajstić information content (AvgIpc) is 2.38. The highest BCUT2D eigenvalue weighted by molar-refractivity contribution is 6.32. The van der Waals surface area contributed by atoms with E-state index in [0.717, 1.165) is 0 Å². The molecule has 0 saturated carbocycles. The highest BCUT2D eigenvalue weighted by Crippen LogP contribution is 2.22. The lowest BCUT2D eigenvalue weighted by molar-refractivity contribution is -0.122. The molecule has 106 valence electrons. The third kappa shape index (κ3) is 5.94. The summed E-state index contributed by atoms with van der Waals surface area (Å²) in [7, 11) is 0. The monoisotopic (exact) mass is 285 g/mol. The highest BCUT2D eigenvalue weighted by Gasteiger charge is 2.10. The Bertz CT molecular complexity index is 409. The van der Waals surface area contributed by atoms with Crippen LogP contribution in [0.15, 0.2) is 24.3 Å². The van der Waals surface area contributed by atoms with Gasteiger partial charge in [-0.25, -0.2) is 0 Å². The van der Waals surface area contributed by atoms with Gasteiger partial charge in [0.25, 0.3) is 0 Å². The lowest BCUT2D eigenvalue weighted by atomic mass is 10.1. The number of hydrogen-bond donors (Lipinski definition) is 2. The zero-order chi connectivity index (χ0) is 14.3. The number of amides is 1. The summed E-state index contributed by atoms with van der Waals surface area (Å²) in [5.41, 5.74) is 0. The first kappa shape index (κ1) is 15.8. The number of carbonyl (C=O) groups is 1. The molecule has 0 fully saturated rings. The van der Waals surface area contributed by atoms with Crippen LogP contribution in [0.1, 0.15) is 20.3 Å². The first-order valence-electron chi connectivity index (χ1n) is 6.32. The summed E-state index contributed by atoms with van der Waals surface area (Å²) in [5.74, 6) is 0.547. The first-order chi connectivity index (χ1) is 9.00. The third-order valence-electron chi connectivity index (χ3n) is 2.70. The number of carbonyl (C=O) groups excluding carboxylic acids is 1. The van der Waals surface area contributed by atoms with E-state index in [2.05, 4.69) is 5.32 Å². The van der Waals surface area contributed by atoms with Crippen molar-refractivity contribution in [2.45, 2.75) is 26.4 Å². The van der Waals surface area contributed by atoms with Gasteiger partial charge in [0.05, 0.1) is 24.2 Å². The predicted octanol–water partition coefficient (Wildman–Crippen LogP) is 2.24. The van der Waals surface area contributed by atoms with Gasteiger partial charge < -0.3 is 15.2 Å². The molecule has 0 heterocycles. The lowest BCUT2D eigenvalue weighted by Gasteiger charge is -2.15. The summed E-state index contributed by atoms with van der Waals surface area (Å²) in [6.07, 6.45) is -0.288. The average molecular weight is 286 g/mol. The number of halogens is 1. The molecule has 0 aliphatic rings. The first-order valence-corrected chi connectivity index (χ1v) is 6.70. The number of aliphatic hydroxyl groups excluding tert-OH is 1. The van der Waals surface area contributed by atoms with Gasteiger partial charge in [0, 0.05) is 6.54 Å². The Labute approximate surface area is 118 Å². The Hall–Kier alpha value is -1.26. The molecule has 1 amide bonds. The van der Waals surface area contributed by atoms with Crippen LogP contribution in [0.2, 0.25) is 5.02 Å². The number of para-hydroxylation sites is 1. The molecule has 0 saturated heterocycles. The summed E-state index contributed by atoms with van der Waals surface area (Å²) in [6.45, 7) is 4.32. The Kier molecular flexibility index (Phi) is 6.67. The van der Waals surface area contributed by atoms with Crippen molar-refractivity contribution in [1.82, 2.24) is 5.32 Å². The topological polar surface area (TPSA) is 58.6 Å². The van der Waals surface area contributed by atoms with Crippen molar-refractivity contribution < 1.29 is 14.6 Å². The minimum absolute atomic E-state index is 0.125. The molecule has 2 N–H and O–H groups in total. The van der Waals surface area contributed by atoms with E-state index in [-0.39, 0.29) is 31.4 Å². The van der Waals surface area contributed by atoms with Crippen molar-refractivity contribution in [2.24, 2.45) is 5.92 Å². The molecule has 0 radical (unpaired) electrons. The van der Waals surface area contributed by atoms with Crippen molar-refractivity contribution >= 4 is 17.5 Å². The van der Waals surface area contributed by atoms with Crippen LogP contribution in [0.4, 0.5) is 0 Å². The Balaban J connectivity index is 2.23. The summed E-state index contributed by atoms with van der Waals surface area (Å²) < 4.78 is 5.41. The maximum Gasteiger partial charge on any atom is 0.223 e. The second kappa shape index (κ2) is 8.02. The SMILES string of the molecule is CC(C)C(O)CNC(=O)CCOc1ccccc1Cl. The fourth-order valence-corrected chi connectivity index (χ4v) is 1.55. The van der Waals surface area contributed by atoms with Crippen LogP contribution >= 0.6 is 11.6 Å². The molecule has 1 aromatic carbocycles. The molecule has 0 bridgehead atoms. The molecular formula is C14H20ClNO3. The standard InChI is InChI=1S/C14H20ClNO3/c1-10(2)12(17)9-16-14(18)7-8-19-13-6-4-3-5-11(13)15/h3-6,10,12,17H,7-9H2,1-2H3,(H,16,18). The molecule has 0 aliphatic heterocycles. The van der Waals surface area contributed by atoms with Crippen LogP contribution < -0.4 is 10.1 Å². The molecule has 1 aromatic rings. The highest BCUT2D eigenvalue weighted by atomic mass is 35.5. The molecule has 0 spiro atoms. The number of nitrogens with one attached hydrogen (secondary N) is 1. The molecule has 1 atom stereocenters. The van der Waals surface area contributed by atoms with Crippen molar-refractivity contribution in [3.8, 4) is 5.75 Å². The van der Waals surface area contributed by atoms with Gasteiger partial charge in [0.2, 0.25) is 5.91 Å². The van der Waals surface area contributed by atoms with E-state index >= 15 is 0 Å². The zero-order valence-electron chi connectivity index (χ0n) is 11.2. The van der Waals surface area contributed by atoms with Crippen LogP contribution in [-0.2, 0) is 4.79 Å². The van der Waals surface area contributed by atoms with Gasteiger partial charge in [-0.2, -0.15) is 0 Å². The third-order valence-corrected chi connectivity index (χ3v) is 3.01. The minimum Gasteiger partial charge on any atom is -0.491 e. The number of aliphatic hydroxyl groups is 1. The maximum atomic E-state index is 11.5. The van der Waals surface area contributed by atoms with Crippen molar-refractivity contribution in [3.05, 3.63) is 29.3 Å². The number of ether oxygens (including phenoxy) is 1. The quantitative estimate of drug-likeness (QED) is 0.808. The van der Waals surface area contributed by atoms with Gasteiger partial charge in [0.1, 0.15) is 5.75 Å².